The lowest BCUT2D eigenvalue weighted by Gasteiger charge is -2.05. The molecule has 4 aromatic rings. The molecule has 0 aliphatic carbocycles. The summed E-state index contributed by atoms with van der Waals surface area (Å²) in [7, 11) is 0. The first-order valence-corrected chi connectivity index (χ1v) is 8.90. The number of nitrogens with two attached hydrogens (primary N) is 1. The van der Waals surface area contributed by atoms with Crippen molar-refractivity contribution in [2.45, 2.75) is 6.54 Å². The van der Waals surface area contributed by atoms with Crippen molar-refractivity contribution in [3.05, 3.63) is 82.7 Å². The standard InChI is InChI=1S/C18H13F2N5O2S/c19-14-2-1-3-15(20)13(14)9-24-10-23-25(18(24)26)11-4-6-12(7-5-11)27-16-8-22-17(21)28-16/h1-8,10H,9H2,(H2,21,22). The van der Waals surface area contributed by atoms with Gasteiger partial charge in [-0.2, -0.15) is 9.78 Å². The van der Waals surface area contributed by atoms with E-state index in [2.05, 4.69) is 10.1 Å². The smallest absolute Gasteiger partial charge is 0.350 e. The molecule has 0 aliphatic rings. The molecular formula is C18H13F2N5O2S. The highest BCUT2D eigenvalue weighted by atomic mass is 32.1. The third kappa shape index (κ3) is 3.49. The van der Waals surface area contributed by atoms with Gasteiger partial charge in [-0.25, -0.2) is 18.6 Å². The summed E-state index contributed by atoms with van der Waals surface area (Å²) in [5.74, 6) is -0.900. The van der Waals surface area contributed by atoms with E-state index in [4.69, 9.17) is 10.5 Å². The molecule has 10 heteroatoms. The quantitative estimate of drug-likeness (QED) is 0.555. The van der Waals surface area contributed by atoms with Crippen LogP contribution in [0.15, 0.2) is 59.8 Å². The molecule has 0 aliphatic heterocycles. The van der Waals surface area contributed by atoms with Crippen molar-refractivity contribution in [1.29, 1.82) is 0 Å². The Hall–Kier alpha value is -3.53. The summed E-state index contributed by atoms with van der Waals surface area (Å²) in [5.41, 5.74) is 5.32. The Kier molecular flexibility index (Phi) is 4.62. The van der Waals surface area contributed by atoms with Gasteiger partial charge < -0.3 is 10.5 Å². The number of nitrogens with zero attached hydrogens (tertiary/aromatic N) is 4. The second-order valence-corrected chi connectivity index (χ2v) is 6.79. The summed E-state index contributed by atoms with van der Waals surface area (Å²) in [6, 6.07) is 10.2. The normalized spacial score (nSPS) is 10.9. The Morgan fingerprint density at radius 2 is 1.82 bits per heavy atom. The highest BCUT2D eigenvalue weighted by Gasteiger charge is 2.13. The molecule has 4 rings (SSSR count). The molecule has 2 N–H and O–H groups in total. The number of aromatic nitrogens is 4. The fourth-order valence-corrected chi connectivity index (χ4v) is 3.12. The molecule has 0 atom stereocenters. The topological polar surface area (TPSA) is 88.0 Å². The zero-order chi connectivity index (χ0) is 19.7. The van der Waals surface area contributed by atoms with Crippen molar-refractivity contribution >= 4 is 16.5 Å². The first-order valence-electron chi connectivity index (χ1n) is 8.08. The van der Waals surface area contributed by atoms with Gasteiger partial charge in [0.05, 0.1) is 18.4 Å². The molecule has 0 amide bonds. The maximum absolute atomic E-state index is 13.8. The lowest BCUT2D eigenvalue weighted by Crippen LogP contribution is -2.24. The highest BCUT2D eigenvalue weighted by molar-refractivity contribution is 7.17. The minimum atomic E-state index is -0.718. The third-order valence-corrected chi connectivity index (χ3v) is 4.63. The number of hydrogen-bond donors (Lipinski definition) is 1. The van der Waals surface area contributed by atoms with Crippen LogP contribution in [0.25, 0.3) is 5.69 Å². The van der Waals surface area contributed by atoms with E-state index >= 15 is 0 Å². The van der Waals surface area contributed by atoms with Crippen LogP contribution in [0.5, 0.6) is 10.8 Å². The predicted octanol–water partition coefficient (Wildman–Crippen LogP) is 3.19. The van der Waals surface area contributed by atoms with E-state index in [0.29, 0.717) is 21.6 Å². The van der Waals surface area contributed by atoms with Crippen molar-refractivity contribution in [2.24, 2.45) is 0 Å². The lowest BCUT2D eigenvalue weighted by molar-refractivity contribution is 0.495. The zero-order valence-corrected chi connectivity index (χ0v) is 15.1. The average Bonchev–Trinajstić information content (AvgIpc) is 3.25. The molecule has 2 heterocycles. The van der Waals surface area contributed by atoms with Gasteiger partial charge in [0.15, 0.2) is 5.13 Å². The maximum Gasteiger partial charge on any atom is 0.350 e. The fourth-order valence-electron chi connectivity index (χ4n) is 2.56. The van der Waals surface area contributed by atoms with E-state index in [1.54, 1.807) is 24.3 Å². The summed E-state index contributed by atoms with van der Waals surface area (Å²) in [5, 5.41) is 4.95. The Bertz CT molecular complexity index is 1160. The monoisotopic (exact) mass is 401 g/mol. The van der Waals surface area contributed by atoms with Gasteiger partial charge in [-0.3, -0.25) is 4.57 Å². The van der Waals surface area contributed by atoms with Crippen molar-refractivity contribution in [3.63, 3.8) is 0 Å². The van der Waals surface area contributed by atoms with Crippen LogP contribution in [0, 0.1) is 11.6 Å². The van der Waals surface area contributed by atoms with Crippen LogP contribution in [-0.2, 0) is 6.54 Å². The molecule has 0 fully saturated rings. The Labute approximate surface area is 161 Å². The van der Waals surface area contributed by atoms with E-state index in [9.17, 15) is 13.6 Å². The van der Waals surface area contributed by atoms with Gasteiger partial charge in [-0.1, -0.05) is 17.4 Å². The molecule has 2 aromatic heterocycles. The van der Waals surface area contributed by atoms with E-state index < -0.39 is 17.3 Å². The number of anilines is 1. The Morgan fingerprint density at radius 1 is 1.11 bits per heavy atom. The number of benzene rings is 2. The van der Waals surface area contributed by atoms with Gasteiger partial charge in [-0.15, -0.1) is 0 Å². The van der Waals surface area contributed by atoms with Gasteiger partial charge in [0, 0.05) is 5.56 Å². The summed E-state index contributed by atoms with van der Waals surface area (Å²) < 4.78 is 35.5. The largest absolute Gasteiger partial charge is 0.445 e. The third-order valence-electron chi connectivity index (χ3n) is 3.93. The number of nitrogen functional groups attached to an aromatic ring is 1. The summed E-state index contributed by atoms with van der Waals surface area (Å²) in [6.45, 7) is -0.259. The molecule has 28 heavy (non-hydrogen) atoms. The summed E-state index contributed by atoms with van der Waals surface area (Å²) >= 11 is 1.20. The minimum Gasteiger partial charge on any atom is -0.445 e. The van der Waals surface area contributed by atoms with Crippen molar-refractivity contribution in [2.75, 3.05) is 5.73 Å². The molecule has 142 valence electrons. The van der Waals surface area contributed by atoms with Crippen LogP contribution in [-0.4, -0.2) is 19.3 Å². The van der Waals surface area contributed by atoms with Crippen molar-refractivity contribution < 1.29 is 13.5 Å². The van der Waals surface area contributed by atoms with E-state index in [-0.39, 0.29) is 12.1 Å². The summed E-state index contributed by atoms with van der Waals surface area (Å²) in [6.07, 6.45) is 2.75. The fraction of sp³-hybridized carbons (Fsp3) is 0.0556. The SMILES string of the molecule is Nc1ncc(Oc2ccc(-n3ncn(Cc4c(F)cccc4F)c3=O)cc2)s1. The molecule has 7 nitrogen and oxygen atoms in total. The molecule has 0 spiro atoms. The Morgan fingerprint density at radius 3 is 2.46 bits per heavy atom. The van der Waals surface area contributed by atoms with Gasteiger partial charge in [-0.05, 0) is 36.4 Å². The van der Waals surface area contributed by atoms with E-state index in [0.717, 1.165) is 21.4 Å². The second kappa shape index (κ2) is 7.24. The number of thiazole rings is 1. The van der Waals surface area contributed by atoms with E-state index in [1.165, 1.54) is 29.9 Å². The van der Waals surface area contributed by atoms with Gasteiger partial charge in [0.25, 0.3) is 0 Å². The van der Waals surface area contributed by atoms with Crippen LogP contribution in [0.1, 0.15) is 5.56 Å². The molecule has 0 radical (unpaired) electrons. The van der Waals surface area contributed by atoms with Crippen molar-refractivity contribution in [1.82, 2.24) is 19.3 Å². The minimum absolute atomic E-state index is 0.197. The van der Waals surface area contributed by atoms with Crippen LogP contribution < -0.4 is 16.2 Å². The molecule has 0 saturated carbocycles. The molecule has 0 bridgehead atoms. The summed E-state index contributed by atoms with van der Waals surface area (Å²) in [4.78, 5) is 16.4. The first-order chi connectivity index (χ1) is 13.5. The average molecular weight is 401 g/mol. The second-order valence-electron chi connectivity index (χ2n) is 5.77. The van der Waals surface area contributed by atoms with Crippen LogP contribution >= 0.6 is 11.3 Å². The van der Waals surface area contributed by atoms with Crippen LogP contribution in [0.4, 0.5) is 13.9 Å². The highest BCUT2D eigenvalue weighted by Crippen LogP contribution is 2.28. The van der Waals surface area contributed by atoms with Gasteiger partial charge in [0.1, 0.15) is 23.7 Å². The van der Waals surface area contributed by atoms with E-state index in [1.807, 2.05) is 0 Å². The lowest BCUT2D eigenvalue weighted by atomic mass is 10.2. The number of hydrogen-bond acceptors (Lipinski definition) is 6. The maximum atomic E-state index is 13.8. The first kappa shape index (κ1) is 17.9. The number of halogens is 2. The van der Waals surface area contributed by atoms with Crippen LogP contribution in [0.2, 0.25) is 0 Å². The van der Waals surface area contributed by atoms with Gasteiger partial charge >= 0.3 is 5.69 Å². The molecule has 0 unspecified atom stereocenters. The number of rotatable bonds is 5. The number of ether oxygens (including phenoxy) is 1. The zero-order valence-electron chi connectivity index (χ0n) is 14.3. The van der Waals surface area contributed by atoms with Crippen molar-refractivity contribution in [3.8, 4) is 16.5 Å². The predicted molar refractivity (Wildman–Crippen MR) is 99.9 cm³/mol. The molecule has 2 aromatic carbocycles. The molecule has 0 saturated heterocycles. The van der Waals surface area contributed by atoms with Gasteiger partial charge in [0.2, 0.25) is 5.06 Å². The Balaban J connectivity index is 1.56. The molecular weight excluding hydrogens is 388 g/mol. The van der Waals surface area contributed by atoms with Crippen LogP contribution in [0.3, 0.4) is 0 Å².